The number of ether oxygens (including phenoxy) is 1. The maximum absolute atomic E-state index is 13.6. The second kappa shape index (κ2) is 16.8. The van der Waals surface area contributed by atoms with Gasteiger partial charge < -0.3 is 36.2 Å². The van der Waals surface area contributed by atoms with Crippen molar-refractivity contribution in [2.45, 2.75) is 77.0 Å². The molecular formula is C35H46N6O7. The molecule has 0 aliphatic carbocycles. The largest absolute Gasteiger partial charge is 0.493 e. The monoisotopic (exact) mass is 662 g/mol. The van der Waals surface area contributed by atoms with Crippen LogP contribution in [0.5, 0.6) is 5.75 Å². The normalized spacial score (nSPS) is 23.4. The van der Waals surface area contributed by atoms with Gasteiger partial charge in [-0.1, -0.05) is 44.2 Å². The van der Waals surface area contributed by atoms with Crippen molar-refractivity contribution in [3.63, 3.8) is 0 Å². The van der Waals surface area contributed by atoms with Crippen molar-refractivity contribution in [1.82, 2.24) is 31.5 Å². The highest BCUT2D eigenvalue weighted by molar-refractivity contribution is 5.99. The molecule has 4 rings (SSSR count). The molecule has 13 nitrogen and oxygen atoms in total. The van der Waals surface area contributed by atoms with E-state index in [1.807, 2.05) is 30.3 Å². The Hall–Kier alpha value is -4.94. The van der Waals surface area contributed by atoms with Gasteiger partial charge in [0.1, 0.15) is 29.9 Å². The van der Waals surface area contributed by atoms with Gasteiger partial charge in [0.2, 0.25) is 29.5 Å². The van der Waals surface area contributed by atoms with Crippen molar-refractivity contribution in [3.05, 3.63) is 65.2 Å². The number of hydrogen-bond donors (Lipinski definition) is 5. The molecule has 1 saturated heterocycles. The van der Waals surface area contributed by atoms with E-state index < -0.39 is 59.6 Å². The van der Waals surface area contributed by atoms with Crippen LogP contribution in [0.15, 0.2) is 48.5 Å². The lowest BCUT2D eigenvalue weighted by molar-refractivity contribution is -0.139. The Balaban J connectivity index is 1.54. The zero-order valence-electron chi connectivity index (χ0n) is 28.0. The molecule has 1 fully saturated rings. The second-order valence-corrected chi connectivity index (χ2v) is 12.7. The zero-order chi connectivity index (χ0) is 34.8. The van der Waals surface area contributed by atoms with Gasteiger partial charge in [-0.2, -0.15) is 0 Å². The summed E-state index contributed by atoms with van der Waals surface area (Å²) >= 11 is 0. The minimum absolute atomic E-state index is 0.158. The third-order valence-corrected chi connectivity index (χ3v) is 8.44. The van der Waals surface area contributed by atoms with Gasteiger partial charge in [-0.25, -0.2) is 0 Å². The van der Waals surface area contributed by atoms with Gasteiger partial charge >= 0.3 is 0 Å². The average Bonchev–Trinajstić information content (AvgIpc) is 3.07. The van der Waals surface area contributed by atoms with Crippen molar-refractivity contribution in [2.24, 2.45) is 5.92 Å². The van der Waals surface area contributed by atoms with Crippen LogP contribution in [0.1, 0.15) is 61.5 Å². The number of fused-ring (bicyclic) bond motifs is 1. The molecule has 2 heterocycles. The number of carbonyl (C=O) groups excluding carboxylic acids is 6. The summed E-state index contributed by atoms with van der Waals surface area (Å²) in [5.74, 6) is -2.75. The summed E-state index contributed by atoms with van der Waals surface area (Å²) in [4.78, 5) is 81.2. The maximum atomic E-state index is 13.6. The van der Waals surface area contributed by atoms with Gasteiger partial charge in [0.05, 0.1) is 13.2 Å². The van der Waals surface area contributed by atoms with Crippen molar-refractivity contribution >= 4 is 35.4 Å². The highest BCUT2D eigenvalue weighted by Crippen LogP contribution is 2.25. The quantitative estimate of drug-likeness (QED) is 0.316. The number of carbonyl (C=O) groups is 6. The van der Waals surface area contributed by atoms with Gasteiger partial charge in [0, 0.05) is 25.6 Å². The van der Waals surface area contributed by atoms with Crippen LogP contribution < -0.4 is 31.3 Å². The lowest BCUT2D eigenvalue weighted by Gasteiger charge is -2.28. The number of likely N-dealkylation sites (N-methyl/N-ethyl adjacent to an activating group) is 1. The van der Waals surface area contributed by atoms with Crippen LogP contribution in [0.25, 0.3) is 0 Å². The third kappa shape index (κ3) is 9.79. The van der Waals surface area contributed by atoms with Crippen LogP contribution >= 0.6 is 0 Å². The van der Waals surface area contributed by atoms with E-state index in [2.05, 4.69) is 26.6 Å². The molecule has 0 saturated carbocycles. The highest BCUT2D eigenvalue weighted by atomic mass is 16.5. The molecule has 48 heavy (non-hydrogen) atoms. The summed E-state index contributed by atoms with van der Waals surface area (Å²) in [6, 6.07) is 10.2. The van der Waals surface area contributed by atoms with Gasteiger partial charge in [0.15, 0.2) is 0 Å². The van der Waals surface area contributed by atoms with Crippen LogP contribution in [0, 0.1) is 5.92 Å². The zero-order valence-corrected chi connectivity index (χ0v) is 28.0. The molecule has 2 aliphatic heterocycles. The Kier molecular flexibility index (Phi) is 12.5. The summed E-state index contributed by atoms with van der Waals surface area (Å²) in [6.07, 6.45) is 2.27. The standard InChI is InChI=1S/C35H46N6O7/c1-21(2)30-34(46)37-22(3)31(43)39-27(18-23-10-6-5-7-11-23)35(47)41(4)20-29(42)36-16-8-13-26(33(45)40-30)38-32(44)25-14-15-28-24(19-25)12-9-17-48-28/h5-7,10-11,14-15,19,21-22,26-27,30H,8-9,12-13,16-18,20H2,1-4H3,(H,36,42)(H,37,46)(H,38,44)(H,39,43)(H,40,45)/t22-,26+,27+,30-/m1/s1. The molecule has 6 amide bonds. The first-order chi connectivity index (χ1) is 22.9. The number of nitrogens with zero attached hydrogens (tertiary/aromatic N) is 1. The number of benzene rings is 2. The van der Waals surface area contributed by atoms with Gasteiger partial charge in [-0.3, -0.25) is 28.8 Å². The number of aryl methyl sites for hydroxylation is 1. The van der Waals surface area contributed by atoms with E-state index in [0.717, 1.165) is 29.7 Å². The Morgan fingerprint density at radius 2 is 1.71 bits per heavy atom. The molecule has 2 aliphatic rings. The lowest BCUT2D eigenvalue weighted by atomic mass is 10.0. The van der Waals surface area contributed by atoms with E-state index in [-0.39, 0.29) is 31.8 Å². The summed E-state index contributed by atoms with van der Waals surface area (Å²) in [5, 5.41) is 13.7. The molecule has 2 aromatic carbocycles. The molecule has 0 radical (unpaired) electrons. The molecule has 13 heteroatoms. The van der Waals surface area contributed by atoms with Crippen LogP contribution in [0.3, 0.4) is 0 Å². The van der Waals surface area contributed by atoms with E-state index in [0.29, 0.717) is 18.6 Å². The van der Waals surface area contributed by atoms with Crippen molar-refractivity contribution in [1.29, 1.82) is 0 Å². The summed E-state index contributed by atoms with van der Waals surface area (Å²) in [7, 11) is 1.48. The first-order valence-corrected chi connectivity index (χ1v) is 16.5. The van der Waals surface area contributed by atoms with Crippen molar-refractivity contribution in [3.8, 4) is 5.75 Å². The SMILES string of the molecule is CC(C)[C@H]1NC(=O)[C@@H](NC(=O)c2ccc3c(c2)CCCO3)CCCNC(=O)CN(C)C(=O)[C@H](Cc2ccccc2)NC(=O)[C@@H](C)NC1=O. The summed E-state index contributed by atoms with van der Waals surface area (Å²) in [6.45, 7) is 5.52. The third-order valence-electron chi connectivity index (χ3n) is 8.44. The second-order valence-electron chi connectivity index (χ2n) is 12.7. The van der Waals surface area contributed by atoms with Crippen LogP contribution in [-0.4, -0.2) is 91.3 Å². The van der Waals surface area contributed by atoms with Gasteiger partial charge in [0.25, 0.3) is 5.91 Å². The molecule has 5 N–H and O–H groups in total. The molecule has 0 bridgehead atoms. The topological polar surface area (TPSA) is 175 Å². The first kappa shape index (κ1) is 35.9. The Labute approximate surface area is 280 Å². The van der Waals surface area contributed by atoms with Crippen LogP contribution in [-0.2, 0) is 36.8 Å². The number of amides is 6. The Bertz CT molecular complexity index is 1500. The maximum Gasteiger partial charge on any atom is 0.251 e. The fourth-order valence-electron chi connectivity index (χ4n) is 5.67. The van der Waals surface area contributed by atoms with Crippen molar-refractivity contribution in [2.75, 3.05) is 26.7 Å². The first-order valence-electron chi connectivity index (χ1n) is 16.5. The van der Waals surface area contributed by atoms with Gasteiger partial charge in [-0.15, -0.1) is 0 Å². The molecule has 4 atom stereocenters. The minimum atomic E-state index is -1.06. The predicted octanol–water partition coefficient (Wildman–Crippen LogP) is 0.851. The number of rotatable bonds is 5. The molecular weight excluding hydrogens is 616 g/mol. The molecule has 0 spiro atoms. The lowest BCUT2D eigenvalue weighted by Crippen LogP contribution is -2.59. The fraction of sp³-hybridized carbons (Fsp3) is 0.486. The summed E-state index contributed by atoms with van der Waals surface area (Å²) in [5.41, 5.74) is 2.09. The summed E-state index contributed by atoms with van der Waals surface area (Å²) < 4.78 is 5.65. The molecule has 258 valence electrons. The van der Waals surface area contributed by atoms with Crippen LogP contribution in [0.2, 0.25) is 0 Å². The minimum Gasteiger partial charge on any atom is -0.493 e. The van der Waals surface area contributed by atoms with Gasteiger partial charge in [-0.05, 0) is 67.9 Å². The number of nitrogens with one attached hydrogen (secondary N) is 5. The van der Waals surface area contributed by atoms with E-state index >= 15 is 0 Å². The molecule has 0 aromatic heterocycles. The van der Waals surface area contributed by atoms with Crippen LogP contribution in [0.4, 0.5) is 0 Å². The van der Waals surface area contributed by atoms with E-state index in [9.17, 15) is 28.8 Å². The molecule has 0 unspecified atom stereocenters. The fourth-order valence-corrected chi connectivity index (χ4v) is 5.67. The Morgan fingerprint density at radius 1 is 0.958 bits per heavy atom. The van der Waals surface area contributed by atoms with E-state index in [1.165, 1.54) is 18.9 Å². The smallest absolute Gasteiger partial charge is 0.251 e. The van der Waals surface area contributed by atoms with Crippen molar-refractivity contribution < 1.29 is 33.5 Å². The average molecular weight is 663 g/mol. The number of hydrogen-bond acceptors (Lipinski definition) is 7. The Morgan fingerprint density at radius 3 is 2.44 bits per heavy atom. The van der Waals surface area contributed by atoms with E-state index in [1.54, 1.807) is 32.0 Å². The van der Waals surface area contributed by atoms with E-state index in [4.69, 9.17) is 4.74 Å². The highest BCUT2D eigenvalue weighted by Gasteiger charge is 2.32. The molecule has 2 aromatic rings. The predicted molar refractivity (Wildman–Crippen MR) is 178 cm³/mol.